The van der Waals surface area contributed by atoms with Crippen molar-refractivity contribution in [2.45, 2.75) is 48.8 Å². The van der Waals surface area contributed by atoms with Crippen LogP contribution in [0.4, 0.5) is 0 Å². The fourth-order valence-corrected chi connectivity index (χ4v) is 1.31. The number of carboxylic acids is 2. The van der Waals surface area contributed by atoms with Crippen LogP contribution in [0.2, 0.25) is 0 Å². The van der Waals surface area contributed by atoms with Crippen LogP contribution in [-0.4, -0.2) is 120 Å². The molecule has 0 saturated heterocycles. The monoisotopic (exact) mass is 462 g/mol. The summed E-state index contributed by atoms with van der Waals surface area (Å²) >= 11 is 0. The number of aliphatic carboxylic acids is 2. The Bertz CT molecular complexity index is 386. The van der Waals surface area contributed by atoms with Crippen LogP contribution >= 0.6 is 0 Å². The second-order valence-electron chi connectivity index (χ2n) is 4.94. The maximum Gasteiger partial charge on any atom is 4.00 e. The molecule has 0 aromatic carbocycles. The average Bonchev–Trinajstić information content (AvgIpc) is 2.62. The second kappa shape index (κ2) is 16.9. The van der Waals surface area contributed by atoms with E-state index in [9.17, 15) is 30.0 Å². The number of carbonyl (C=O) groups is 2. The van der Waals surface area contributed by atoms with Crippen LogP contribution < -0.4 is 20.4 Å². The Balaban J connectivity index is -0.000000192. The smallest absolute Gasteiger partial charge is 0.846 e. The van der Waals surface area contributed by atoms with E-state index >= 15 is 0 Å². The summed E-state index contributed by atoms with van der Waals surface area (Å²) in [5.74, 6) is -4.17. The molecule has 0 aliphatic carbocycles. The van der Waals surface area contributed by atoms with Gasteiger partial charge >= 0.3 is 17.1 Å². The van der Waals surface area contributed by atoms with Gasteiger partial charge in [-0.2, -0.15) is 0 Å². The number of hydrogen-bond donors (Lipinski definition) is 8. The summed E-state index contributed by atoms with van der Waals surface area (Å²) in [6.07, 6.45) is -17.1. The third kappa shape index (κ3) is 11.8. The molecule has 168 valence electrons. The predicted molar refractivity (Wildman–Crippen MR) is 71.4 cm³/mol. The summed E-state index contributed by atoms with van der Waals surface area (Å²) in [6, 6.07) is 0. The first-order valence-corrected chi connectivity index (χ1v) is 6.86. The van der Waals surface area contributed by atoms with Gasteiger partial charge in [0.05, 0.1) is 25.4 Å². The molecule has 0 aliphatic heterocycles. The predicted octanol–water partition coefficient (Wildman–Crippen LogP) is -11.7. The molecule has 15 nitrogen and oxygen atoms in total. The van der Waals surface area contributed by atoms with Crippen molar-refractivity contribution in [3.63, 3.8) is 0 Å². The summed E-state index contributed by atoms with van der Waals surface area (Å²) in [7, 11) is 0. The molecule has 10 N–H and O–H groups in total. The quantitative estimate of drug-likeness (QED) is 0.140. The van der Waals surface area contributed by atoms with Crippen molar-refractivity contribution in [1.29, 1.82) is 0 Å². The first kappa shape index (κ1) is 34.5. The molecule has 8 unspecified atom stereocenters. The largest absolute Gasteiger partial charge is 4.00 e. The molecular formula is C12H22FeO15. The van der Waals surface area contributed by atoms with Gasteiger partial charge in [0, 0.05) is 11.9 Å². The minimum absolute atomic E-state index is 0. The molecule has 0 spiro atoms. The molecule has 0 aromatic rings. The Morgan fingerprint density at radius 1 is 0.643 bits per heavy atom. The molecule has 0 aromatic heterocycles. The summed E-state index contributed by atoms with van der Waals surface area (Å²) in [4.78, 5) is 19.8. The van der Waals surface area contributed by atoms with E-state index in [0.29, 0.717) is 0 Å². The van der Waals surface area contributed by atoms with Gasteiger partial charge in [-0.1, -0.05) is 12.2 Å². The molecule has 0 amide bonds. The van der Waals surface area contributed by atoms with E-state index in [-0.39, 0.29) is 22.5 Å². The van der Waals surface area contributed by atoms with E-state index in [1.807, 2.05) is 0 Å². The summed E-state index contributed by atoms with van der Waals surface area (Å²) < 4.78 is 0. The Morgan fingerprint density at radius 2 is 0.857 bits per heavy atom. The van der Waals surface area contributed by atoms with E-state index < -0.39 is 74.0 Å². The molecule has 16 heteroatoms. The van der Waals surface area contributed by atoms with E-state index in [0.717, 1.165) is 0 Å². The van der Waals surface area contributed by atoms with Crippen LogP contribution in [0.15, 0.2) is 0 Å². The average molecular weight is 462 g/mol. The van der Waals surface area contributed by atoms with Gasteiger partial charge in [0.2, 0.25) is 0 Å². The van der Waals surface area contributed by atoms with Crippen LogP contribution in [0.5, 0.6) is 0 Å². The molecular weight excluding hydrogens is 440 g/mol. The van der Waals surface area contributed by atoms with Crippen molar-refractivity contribution in [2.75, 3.05) is 13.2 Å². The zero-order valence-corrected chi connectivity index (χ0v) is 15.0. The van der Waals surface area contributed by atoms with Gasteiger partial charge in [0.25, 0.3) is 0 Å². The number of carbonyl (C=O) groups excluding carboxylic acids is 2. The Kier molecular flexibility index (Phi) is 20.9. The molecule has 0 rings (SSSR count). The maximum absolute atomic E-state index is 10.5. The van der Waals surface area contributed by atoms with Crippen molar-refractivity contribution < 1.29 is 93.4 Å². The standard InChI is InChI=1S/2C6H11O7.Fe.H2O/c2*7-1-2(8)3(9)4(10)5(11)6(12)13;;/h2*2-5,7-10H,1H2,(H,12,13);;1H2/q2*-1;+4;/p-2. The van der Waals surface area contributed by atoms with Gasteiger partial charge in [-0.25, -0.2) is 0 Å². The van der Waals surface area contributed by atoms with Crippen molar-refractivity contribution >= 4 is 11.9 Å². The Morgan fingerprint density at radius 3 is 1.00 bits per heavy atom. The Labute approximate surface area is 168 Å². The third-order valence-electron chi connectivity index (χ3n) is 2.95. The summed E-state index contributed by atoms with van der Waals surface area (Å²) in [6.45, 7) is -1.78. The third-order valence-corrected chi connectivity index (χ3v) is 2.95. The SMILES string of the molecule is O.O=C([O-])C([O-])C(O)C(O)C(O)CO.O=C([O-])C([O-])C(O)C(O)C(O)CO.[Fe+4]. The van der Waals surface area contributed by atoms with E-state index in [1.54, 1.807) is 0 Å². The van der Waals surface area contributed by atoms with Crippen LogP contribution in [-0.2, 0) is 26.7 Å². The first-order valence-electron chi connectivity index (χ1n) is 6.86. The molecule has 0 saturated carbocycles. The Hall–Kier alpha value is -0.981. The number of carboxylic acid groups (broad SMARTS) is 2. The molecule has 28 heavy (non-hydrogen) atoms. The molecule has 0 aliphatic rings. The zero-order chi connectivity index (χ0) is 21.2. The van der Waals surface area contributed by atoms with Gasteiger partial charge < -0.3 is 76.3 Å². The van der Waals surface area contributed by atoms with Crippen molar-refractivity contribution in [2.24, 2.45) is 0 Å². The maximum atomic E-state index is 10.5. The van der Waals surface area contributed by atoms with Gasteiger partial charge in [-0.05, 0) is 0 Å². The van der Waals surface area contributed by atoms with Crippen molar-refractivity contribution in [3.8, 4) is 0 Å². The number of rotatable bonds is 10. The molecule has 0 radical (unpaired) electrons. The second-order valence-corrected chi connectivity index (χ2v) is 4.94. The van der Waals surface area contributed by atoms with E-state index in [2.05, 4.69) is 0 Å². The van der Waals surface area contributed by atoms with Gasteiger partial charge in [-0.15, -0.1) is 0 Å². The fraction of sp³-hybridized carbons (Fsp3) is 0.833. The van der Waals surface area contributed by atoms with Crippen LogP contribution in [0, 0.1) is 0 Å². The molecule has 0 heterocycles. The summed E-state index contributed by atoms with van der Waals surface area (Å²) in [5, 5.41) is 110. The van der Waals surface area contributed by atoms with E-state index in [4.69, 9.17) is 40.9 Å². The number of aliphatic hydroxyl groups excluding tert-OH is 8. The van der Waals surface area contributed by atoms with Crippen molar-refractivity contribution in [3.05, 3.63) is 0 Å². The number of hydrogen-bond acceptors (Lipinski definition) is 14. The van der Waals surface area contributed by atoms with Gasteiger partial charge in [0.1, 0.15) is 24.4 Å². The molecule has 0 bridgehead atoms. The molecule has 0 fully saturated rings. The van der Waals surface area contributed by atoms with Crippen LogP contribution in [0.3, 0.4) is 0 Å². The van der Waals surface area contributed by atoms with E-state index in [1.165, 1.54) is 0 Å². The first-order chi connectivity index (χ1) is 11.8. The normalized spacial score (nSPS) is 18.9. The van der Waals surface area contributed by atoms with Crippen molar-refractivity contribution in [1.82, 2.24) is 0 Å². The topological polar surface area (TPSA) is 320 Å². The van der Waals surface area contributed by atoms with Crippen LogP contribution in [0.25, 0.3) is 0 Å². The van der Waals surface area contributed by atoms with Crippen LogP contribution in [0.1, 0.15) is 0 Å². The fourth-order valence-electron chi connectivity index (χ4n) is 1.31. The summed E-state index contributed by atoms with van der Waals surface area (Å²) in [5.41, 5.74) is 0. The van der Waals surface area contributed by atoms with Gasteiger partial charge in [-0.3, -0.25) is 0 Å². The van der Waals surface area contributed by atoms with Gasteiger partial charge in [0.15, 0.2) is 0 Å². The zero-order valence-electron chi connectivity index (χ0n) is 13.9. The minimum atomic E-state index is -2.56. The number of aliphatic hydroxyl groups is 8. The molecule has 8 atom stereocenters. The minimum Gasteiger partial charge on any atom is -0.846 e.